The van der Waals surface area contributed by atoms with Gasteiger partial charge in [-0.05, 0) is 17.5 Å². The quantitative estimate of drug-likeness (QED) is 0.527. The first-order chi connectivity index (χ1) is 6.69. The van der Waals surface area contributed by atoms with Crippen molar-refractivity contribution in [3.8, 4) is 5.88 Å². The topological polar surface area (TPSA) is 34.1 Å². The second kappa shape index (κ2) is 5.38. The first-order valence-electron chi connectivity index (χ1n) is 4.52. The predicted octanol–water partition coefficient (Wildman–Crippen LogP) is 3.02. The van der Waals surface area contributed by atoms with E-state index in [4.69, 9.17) is 4.74 Å². The molecule has 78 valence electrons. The van der Waals surface area contributed by atoms with Crippen LogP contribution in [0.3, 0.4) is 0 Å². The smallest absolute Gasteiger partial charge is 0.237 e. The van der Waals surface area contributed by atoms with Crippen LogP contribution in [0, 0.1) is 0 Å². The van der Waals surface area contributed by atoms with Gasteiger partial charge in [-0.25, -0.2) is 4.98 Å². The number of pyridine rings is 1. The van der Waals surface area contributed by atoms with E-state index in [1.165, 1.54) is 5.56 Å². The average molecular weight is 306 g/mol. The molecule has 1 N–H and O–H groups in total. The normalized spacial score (nSPS) is 10.4. The minimum atomic E-state index is 0.489. The van der Waals surface area contributed by atoms with Gasteiger partial charge in [-0.1, -0.05) is 36.4 Å². The molecule has 3 nitrogen and oxygen atoms in total. The maximum Gasteiger partial charge on any atom is 0.237 e. The maximum absolute atomic E-state index is 5.16. The van der Waals surface area contributed by atoms with Gasteiger partial charge in [0.25, 0.3) is 0 Å². The molecule has 0 aliphatic heterocycles. The molecule has 0 fully saturated rings. The van der Waals surface area contributed by atoms with Crippen molar-refractivity contribution in [1.82, 2.24) is 4.98 Å². The van der Waals surface area contributed by atoms with Crippen LogP contribution >= 0.6 is 22.6 Å². The highest BCUT2D eigenvalue weighted by atomic mass is 127. The number of rotatable bonds is 4. The van der Waals surface area contributed by atoms with Crippen molar-refractivity contribution < 1.29 is 4.74 Å². The van der Waals surface area contributed by atoms with E-state index in [0.717, 1.165) is 10.2 Å². The van der Waals surface area contributed by atoms with Gasteiger partial charge in [-0.15, -0.1) is 0 Å². The lowest BCUT2D eigenvalue weighted by Gasteiger charge is -2.11. The van der Waals surface area contributed by atoms with Crippen LogP contribution < -0.4 is 10.1 Å². The molecule has 0 saturated carbocycles. The molecule has 0 aliphatic rings. The summed E-state index contributed by atoms with van der Waals surface area (Å²) in [5.41, 5.74) is 2.19. The van der Waals surface area contributed by atoms with Gasteiger partial charge >= 0.3 is 0 Å². The lowest BCUT2D eigenvalue weighted by molar-refractivity contribution is 0.399. The summed E-state index contributed by atoms with van der Waals surface area (Å²) in [7, 11) is 1.63. The zero-order chi connectivity index (χ0) is 10.6. The lowest BCUT2D eigenvalue weighted by Crippen LogP contribution is -2.01. The zero-order valence-corrected chi connectivity index (χ0v) is 10.8. The van der Waals surface area contributed by atoms with Gasteiger partial charge in [0.05, 0.1) is 17.3 Å². The molecule has 0 bridgehead atoms. The molecule has 1 rings (SSSR count). The predicted molar refractivity (Wildman–Crippen MR) is 67.4 cm³/mol. The number of hydrogen-bond acceptors (Lipinski definition) is 3. The van der Waals surface area contributed by atoms with Crippen LogP contribution in [0.1, 0.15) is 25.3 Å². The molecule has 0 radical (unpaired) electrons. The number of halogens is 1. The lowest BCUT2D eigenvalue weighted by atomic mass is 10.1. The summed E-state index contributed by atoms with van der Waals surface area (Å²) in [6, 6.07) is 2.09. The van der Waals surface area contributed by atoms with Crippen molar-refractivity contribution in [3.05, 3.63) is 17.8 Å². The van der Waals surface area contributed by atoms with E-state index < -0.39 is 0 Å². The standard InChI is InChI=1S/C10H15IN2O/c1-7(2)8-4-9(13-6-11)10(14-3)12-5-8/h4-5,7,13H,6H2,1-3H3. The number of anilines is 1. The summed E-state index contributed by atoms with van der Waals surface area (Å²) in [6.45, 7) is 4.30. The van der Waals surface area contributed by atoms with E-state index in [1.54, 1.807) is 7.11 Å². The van der Waals surface area contributed by atoms with Gasteiger partial charge in [0, 0.05) is 6.20 Å². The van der Waals surface area contributed by atoms with E-state index in [1.807, 2.05) is 6.20 Å². The van der Waals surface area contributed by atoms with Crippen molar-refractivity contribution in [2.75, 3.05) is 17.0 Å². The largest absolute Gasteiger partial charge is 0.480 e. The zero-order valence-electron chi connectivity index (χ0n) is 8.67. The summed E-state index contributed by atoms with van der Waals surface area (Å²) in [4.78, 5) is 4.25. The fourth-order valence-electron chi connectivity index (χ4n) is 1.15. The number of methoxy groups -OCH3 is 1. The van der Waals surface area contributed by atoms with Crippen LogP contribution in [0.5, 0.6) is 5.88 Å². The summed E-state index contributed by atoms with van der Waals surface area (Å²) in [5, 5.41) is 3.22. The minimum absolute atomic E-state index is 0.489. The number of hydrogen-bond donors (Lipinski definition) is 1. The number of nitrogens with zero attached hydrogens (tertiary/aromatic N) is 1. The van der Waals surface area contributed by atoms with Gasteiger partial charge < -0.3 is 10.1 Å². The van der Waals surface area contributed by atoms with Crippen molar-refractivity contribution in [3.63, 3.8) is 0 Å². The Morgan fingerprint density at radius 3 is 2.79 bits per heavy atom. The van der Waals surface area contributed by atoms with Gasteiger partial charge in [0.1, 0.15) is 0 Å². The van der Waals surface area contributed by atoms with Gasteiger partial charge in [0.15, 0.2) is 0 Å². The molecular weight excluding hydrogens is 291 g/mol. The van der Waals surface area contributed by atoms with Crippen LogP contribution in [0.25, 0.3) is 0 Å². The Hall–Kier alpha value is -0.520. The molecule has 1 heterocycles. The second-order valence-electron chi connectivity index (χ2n) is 3.29. The molecule has 0 aromatic carbocycles. The third kappa shape index (κ3) is 2.73. The molecule has 0 atom stereocenters. The minimum Gasteiger partial charge on any atom is -0.480 e. The van der Waals surface area contributed by atoms with Crippen molar-refractivity contribution in [2.24, 2.45) is 0 Å². The Balaban J connectivity index is 3.01. The van der Waals surface area contributed by atoms with Crippen LogP contribution in [0.15, 0.2) is 12.3 Å². The fourth-order valence-corrected chi connectivity index (χ4v) is 1.56. The fraction of sp³-hybridized carbons (Fsp3) is 0.500. The number of aromatic nitrogens is 1. The van der Waals surface area contributed by atoms with Crippen molar-refractivity contribution in [1.29, 1.82) is 0 Å². The Bertz CT molecular complexity index is 302. The van der Waals surface area contributed by atoms with Crippen LogP contribution in [0.4, 0.5) is 5.69 Å². The van der Waals surface area contributed by atoms with E-state index in [-0.39, 0.29) is 0 Å². The Labute approximate surface area is 98.4 Å². The highest BCUT2D eigenvalue weighted by Gasteiger charge is 2.07. The Morgan fingerprint density at radius 1 is 1.57 bits per heavy atom. The summed E-state index contributed by atoms with van der Waals surface area (Å²) < 4.78 is 6.00. The van der Waals surface area contributed by atoms with E-state index >= 15 is 0 Å². The molecule has 4 heteroatoms. The number of nitrogens with one attached hydrogen (secondary N) is 1. The third-order valence-corrected chi connectivity index (χ3v) is 2.37. The Kier molecular flexibility index (Phi) is 4.44. The second-order valence-corrected chi connectivity index (χ2v) is 4.05. The monoisotopic (exact) mass is 306 g/mol. The average Bonchev–Trinajstić information content (AvgIpc) is 2.18. The number of ether oxygens (including phenoxy) is 1. The van der Waals surface area contributed by atoms with Gasteiger partial charge in [0.2, 0.25) is 5.88 Å². The molecule has 14 heavy (non-hydrogen) atoms. The van der Waals surface area contributed by atoms with Crippen LogP contribution in [-0.4, -0.2) is 16.6 Å². The molecular formula is C10H15IN2O. The molecule has 1 aromatic rings. The van der Waals surface area contributed by atoms with Crippen LogP contribution in [0.2, 0.25) is 0 Å². The van der Waals surface area contributed by atoms with Crippen LogP contribution in [-0.2, 0) is 0 Å². The van der Waals surface area contributed by atoms with E-state index in [9.17, 15) is 0 Å². The molecule has 0 saturated heterocycles. The highest BCUT2D eigenvalue weighted by Crippen LogP contribution is 2.25. The summed E-state index contributed by atoms with van der Waals surface area (Å²) >= 11 is 2.26. The SMILES string of the molecule is COc1ncc(C(C)C)cc1NCI. The van der Waals surface area contributed by atoms with Crippen molar-refractivity contribution >= 4 is 28.3 Å². The molecule has 0 aliphatic carbocycles. The van der Waals surface area contributed by atoms with E-state index in [0.29, 0.717) is 11.8 Å². The molecule has 1 aromatic heterocycles. The first kappa shape index (κ1) is 11.6. The Morgan fingerprint density at radius 2 is 2.29 bits per heavy atom. The maximum atomic E-state index is 5.16. The van der Waals surface area contributed by atoms with Gasteiger partial charge in [-0.2, -0.15) is 0 Å². The molecule has 0 unspecified atom stereocenters. The molecule has 0 spiro atoms. The van der Waals surface area contributed by atoms with E-state index in [2.05, 4.69) is 52.8 Å². The molecule has 0 amide bonds. The van der Waals surface area contributed by atoms with Gasteiger partial charge in [-0.3, -0.25) is 0 Å². The van der Waals surface area contributed by atoms with Crippen molar-refractivity contribution in [2.45, 2.75) is 19.8 Å². The number of alkyl halides is 1. The summed E-state index contributed by atoms with van der Waals surface area (Å²) in [6.07, 6.45) is 1.86. The third-order valence-electron chi connectivity index (χ3n) is 1.99. The highest BCUT2D eigenvalue weighted by molar-refractivity contribution is 14.1. The first-order valence-corrected chi connectivity index (χ1v) is 6.05. The summed E-state index contributed by atoms with van der Waals surface area (Å²) in [5.74, 6) is 1.15.